The molecular formula is C126H226N2Pd. The van der Waals surface area contributed by atoms with Gasteiger partial charge >= 0.3 is 26.3 Å². The van der Waals surface area contributed by atoms with Crippen LogP contribution in [0.15, 0.2) is 47.5 Å². The second kappa shape index (κ2) is 110. The summed E-state index contributed by atoms with van der Waals surface area (Å²) in [6.07, 6.45) is 131. The molecule has 0 aliphatic rings. The minimum Gasteiger partial charge on any atom is -0.348 e. The molecule has 2 nitrogen and oxygen atoms in total. The smallest absolute Gasteiger partial charge is 0.348 e. The Kier molecular flexibility index (Phi) is 110. The Labute approximate surface area is 826 Å². The molecule has 0 unspecified atom stereocenters. The molecule has 2 aromatic carbocycles. The summed E-state index contributed by atoms with van der Waals surface area (Å²) in [4.78, 5) is 3.61. The summed E-state index contributed by atoms with van der Waals surface area (Å²) in [7, 11) is 0. The number of hydrogen-bond donors (Lipinski definition) is 0. The quantitative estimate of drug-likeness (QED) is 0.00925. The molecule has 0 heterocycles. The van der Waals surface area contributed by atoms with Crippen molar-refractivity contribution in [3.05, 3.63) is 100 Å². The fourth-order valence-corrected chi connectivity index (χ4v) is 19.0. The van der Waals surface area contributed by atoms with Gasteiger partial charge in [0.25, 0.3) is 0 Å². The summed E-state index contributed by atoms with van der Waals surface area (Å²) in [6, 6.07) is 14.4. The zero-order valence-electron chi connectivity index (χ0n) is 89.0. The van der Waals surface area contributed by atoms with Crippen LogP contribution in [-0.4, -0.2) is 10.7 Å². The number of benzene rings is 2. The van der Waals surface area contributed by atoms with Gasteiger partial charge in [-0.25, -0.2) is 0 Å². The van der Waals surface area contributed by atoms with E-state index in [1.54, 1.807) is 0 Å². The Morgan fingerprint density at radius 3 is 0.651 bits per heavy atom. The van der Waals surface area contributed by atoms with Crippen molar-refractivity contribution in [3.63, 3.8) is 0 Å². The van der Waals surface area contributed by atoms with E-state index in [1.807, 2.05) is 0 Å². The topological polar surface area (TPSA) is 36.4 Å². The maximum atomic E-state index is 10.2. The predicted octanol–water partition coefficient (Wildman–Crippen LogP) is 44.6. The average Bonchev–Trinajstić information content (AvgIpc) is 0.785. The van der Waals surface area contributed by atoms with Crippen molar-refractivity contribution >= 4 is 11.4 Å². The molecule has 0 aliphatic carbocycles. The Morgan fingerprint density at radius 2 is 0.434 bits per heavy atom. The van der Waals surface area contributed by atoms with E-state index in [0.29, 0.717) is 0 Å². The third kappa shape index (κ3) is 91.3. The number of allylic oxidation sites excluding steroid dienone is 2. The first-order chi connectivity index (χ1) is 63.4. The van der Waals surface area contributed by atoms with E-state index in [4.69, 9.17) is 0 Å². The molecule has 0 radical (unpaired) electrons. The maximum Gasteiger partial charge on any atom is 2.00 e. The van der Waals surface area contributed by atoms with Crippen molar-refractivity contribution in [2.75, 3.05) is 0 Å². The Morgan fingerprint density at radius 1 is 0.233 bits per heavy atom. The Hall–Kier alpha value is -2.88. The minimum absolute atomic E-state index is 0. The molecule has 750 valence electrons. The molecule has 2 aromatic rings. The molecular weight excluding hydrogens is 1650 g/mol. The molecule has 0 amide bonds. The zero-order valence-corrected chi connectivity index (χ0v) is 90.5. The second-order valence-electron chi connectivity index (χ2n) is 40.5. The molecule has 0 saturated carbocycles. The fraction of sp³-hybridized carbons (Fsp3) is 0.825. The Balaban J connectivity index is 0. The number of hydrogen-bond acceptors (Lipinski definition) is 0. The van der Waals surface area contributed by atoms with Gasteiger partial charge in [-0.2, -0.15) is 12.8 Å². The van der Waals surface area contributed by atoms with E-state index in [-0.39, 0.29) is 20.4 Å². The van der Waals surface area contributed by atoms with Gasteiger partial charge in [0.1, 0.15) is 0 Å². The summed E-state index contributed by atoms with van der Waals surface area (Å²) < 4.78 is 0. The first-order valence-electron chi connectivity index (χ1n) is 58.9. The number of nitrogens with zero attached hydrogens (tertiary/aromatic N) is 2. The van der Waals surface area contributed by atoms with E-state index in [0.717, 1.165) is 93.7 Å². The standard InChI is InChI=1S/C84H140N2.2C21H43.Pd/c1-7-13-19-21-23-25-27-29-31-33-35-37-39-41-43-45-47-49-51-53-55-57-59-61-65-78-70-79(66-62-60-58-56-54-52-50-48-46-44-42-40-38-36-34-32-30-28-26-24-22-20-14-8-2)74-82(73-78)84(83(68-18-12-6)80(75-86-85)67-17-11-5)81-71-76(63-15-9-3)69-77(72-81)64-16-10-4;2*1-3-5-7-9-11-13-15-17-19-21-20-18-16-14-12-10-8-6-4-2;/h69-74H,7-60,63-64,67-68H2,1-6H3;2*1,3-21H2,2H3;/q;2*-1;+2. The van der Waals surface area contributed by atoms with Crippen LogP contribution in [-0.2, 0) is 33.3 Å². The van der Waals surface area contributed by atoms with Gasteiger partial charge in [0.05, 0.1) is 5.57 Å². The summed E-state index contributed by atoms with van der Waals surface area (Å²) >= 11 is 0. The zero-order chi connectivity index (χ0) is 92.6. The fourth-order valence-electron chi connectivity index (χ4n) is 19.0. The summed E-state index contributed by atoms with van der Waals surface area (Å²) in [5, 5.41) is 0. The van der Waals surface area contributed by atoms with Gasteiger partial charge in [-0.15, -0.1) is 4.79 Å². The van der Waals surface area contributed by atoms with Gasteiger partial charge in [0.15, 0.2) is 0 Å². The first kappa shape index (κ1) is 128. The summed E-state index contributed by atoms with van der Waals surface area (Å²) in [5.74, 6) is 17.8. The average molecular weight is 1880 g/mol. The molecule has 129 heavy (non-hydrogen) atoms. The van der Waals surface area contributed by atoms with E-state index in [2.05, 4.69) is 140 Å². The van der Waals surface area contributed by atoms with Crippen molar-refractivity contribution < 1.29 is 25.2 Å². The number of rotatable bonds is 95. The number of aryl methyl sites for hydroxylation is 2. The van der Waals surface area contributed by atoms with Crippen LogP contribution >= 0.6 is 0 Å². The van der Waals surface area contributed by atoms with Crippen LogP contribution in [0.1, 0.15) is 692 Å². The second-order valence-corrected chi connectivity index (χ2v) is 40.5. The van der Waals surface area contributed by atoms with Gasteiger partial charge in [-0.05, 0) is 116 Å². The van der Waals surface area contributed by atoms with Gasteiger partial charge < -0.3 is 19.4 Å². The van der Waals surface area contributed by atoms with Crippen LogP contribution < -0.4 is 0 Å². The van der Waals surface area contributed by atoms with Crippen LogP contribution in [0.2, 0.25) is 0 Å². The predicted molar refractivity (Wildman–Crippen MR) is 582 cm³/mol. The van der Waals surface area contributed by atoms with Crippen LogP contribution in [0.25, 0.3) is 11.1 Å². The minimum atomic E-state index is 0. The largest absolute Gasteiger partial charge is 2.00 e. The summed E-state index contributed by atoms with van der Waals surface area (Å²) in [5.41, 5.74) is 21.1. The van der Waals surface area contributed by atoms with Crippen LogP contribution in [0.3, 0.4) is 0 Å². The first-order valence-corrected chi connectivity index (χ1v) is 58.9. The van der Waals surface area contributed by atoms with E-state index >= 15 is 0 Å². The molecule has 0 aliphatic heterocycles. The van der Waals surface area contributed by atoms with Crippen LogP contribution in [0.5, 0.6) is 0 Å². The van der Waals surface area contributed by atoms with Crippen LogP contribution in [0.4, 0.5) is 0 Å². The molecule has 2 rings (SSSR count). The molecule has 0 saturated heterocycles. The SMILES string of the molecule is CCCCCCCCCCCCCCCCCCCCCCCCC#Cc1cc(C#CCCCCCCCCCCCCCCCCCCCCCCCC)cc(C(=C(CCCC)C(=C=[N+]=[N-])CCCC)c2cc(CCCC)cc(CCCC)c2)c1.[CH2-]CCCCCCCCCCCCCCCCCCCC.[CH2-]CCCCCCCCCCCCCCCCCCCC.[Pd+2]. The van der Waals surface area contributed by atoms with Crippen molar-refractivity contribution in [1.29, 1.82) is 0 Å². The molecule has 3 heteroatoms. The molecule has 0 bridgehead atoms. The third-order valence-corrected chi connectivity index (χ3v) is 27.6. The Bertz CT molecular complexity index is 2630. The van der Waals surface area contributed by atoms with E-state index < -0.39 is 0 Å². The maximum absolute atomic E-state index is 10.2. The van der Waals surface area contributed by atoms with Gasteiger partial charge in [-0.3, -0.25) is 0 Å². The van der Waals surface area contributed by atoms with Crippen molar-refractivity contribution in [2.45, 2.75) is 672 Å². The summed E-state index contributed by atoms with van der Waals surface area (Å²) in [6.45, 7) is 26.1. The van der Waals surface area contributed by atoms with E-state index in [1.165, 1.54) is 573 Å². The monoisotopic (exact) mass is 1870 g/mol. The molecule has 0 spiro atoms. The van der Waals surface area contributed by atoms with Crippen molar-refractivity contribution in [2.24, 2.45) is 0 Å². The van der Waals surface area contributed by atoms with Gasteiger partial charge in [-0.1, -0.05) is 624 Å². The molecule has 0 aromatic heterocycles. The molecule has 0 N–H and O–H groups in total. The van der Waals surface area contributed by atoms with Crippen molar-refractivity contribution in [1.82, 2.24) is 0 Å². The van der Waals surface area contributed by atoms with E-state index in [9.17, 15) is 5.53 Å². The van der Waals surface area contributed by atoms with Gasteiger partial charge in [0, 0.05) is 24.0 Å². The third-order valence-electron chi connectivity index (χ3n) is 27.6. The van der Waals surface area contributed by atoms with Gasteiger partial charge in [0.2, 0.25) is 0 Å². The number of unbranched alkanes of at least 4 members (excludes halogenated alkanes) is 84. The van der Waals surface area contributed by atoms with Crippen molar-refractivity contribution in [3.8, 4) is 23.7 Å². The van der Waals surface area contributed by atoms with Crippen LogP contribution in [0, 0.1) is 37.5 Å². The molecule has 0 atom stereocenters. The molecule has 0 fully saturated rings. The normalized spacial score (nSPS) is 11.3.